The van der Waals surface area contributed by atoms with E-state index >= 15 is 0 Å². The average molecular weight is 375 g/mol. The Hall–Kier alpha value is -3.67. The molecule has 1 amide bonds. The smallest absolute Gasteiger partial charge is 0.274 e. The molecule has 0 unspecified atom stereocenters. The van der Waals surface area contributed by atoms with Crippen LogP contribution < -0.4 is 15.4 Å². The Morgan fingerprint density at radius 3 is 2.36 bits per heavy atom. The Kier molecular flexibility index (Phi) is 6.01. The number of pyridine rings is 1. The van der Waals surface area contributed by atoms with Gasteiger partial charge in [-0.1, -0.05) is 12.1 Å². The van der Waals surface area contributed by atoms with Crippen LogP contribution in [0.15, 0.2) is 66.9 Å². The van der Waals surface area contributed by atoms with Crippen LogP contribution in [0.2, 0.25) is 0 Å². The van der Waals surface area contributed by atoms with Crippen molar-refractivity contribution in [3.63, 3.8) is 0 Å². The van der Waals surface area contributed by atoms with E-state index in [0.29, 0.717) is 17.9 Å². The Balaban J connectivity index is 1.64. The van der Waals surface area contributed by atoms with Crippen molar-refractivity contribution in [1.82, 2.24) is 4.98 Å². The van der Waals surface area contributed by atoms with E-state index in [2.05, 4.69) is 15.6 Å². The van der Waals surface area contributed by atoms with E-state index in [9.17, 15) is 9.59 Å². The fourth-order valence-electron chi connectivity index (χ4n) is 2.58. The average Bonchev–Trinajstić information content (AvgIpc) is 2.70. The number of Topliss-reactive ketones (excluding diaryl/α,β-unsaturated/α-hetero) is 1. The molecule has 2 aromatic carbocycles. The molecule has 0 saturated carbocycles. The summed E-state index contributed by atoms with van der Waals surface area (Å²) >= 11 is 0. The first-order valence-corrected chi connectivity index (χ1v) is 8.93. The van der Waals surface area contributed by atoms with Gasteiger partial charge in [-0.3, -0.25) is 9.59 Å². The molecule has 142 valence electrons. The molecule has 0 radical (unpaired) electrons. The Morgan fingerprint density at radius 2 is 1.71 bits per heavy atom. The summed E-state index contributed by atoms with van der Waals surface area (Å²) in [5, 5.41) is 5.97. The maximum absolute atomic E-state index is 12.4. The van der Waals surface area contributed by atoms with Gasteiger partial charge in [-0.25, -0.2) is 4.98 Å². The van der Waals surface area contributed by atoms with Crippen molar-refractivity contribution in [2.45, 2.75) is 13.8 Å². The lowest BCUT2D eigenvalue weighted by atomic mass is 10.1. The number of nitrogens with one attached hydrogen (secondary N) is 2. The molecule has 28 heavy (non-hydrogen) atoms. The molecular weight excluding hydrogens is 354 g/mol. The quantitative estimate of drug-likeness (QED) is 0.586. The fourth-order valence-corrected chi connectivity index (χ4v) is 2.58. The molecule has 0 aliphatic carbocycles. The Bertz CT molecular complexity index is 967. The van der Waals surface area contributed by atoms with E-state index in [-0.39, 0.29) is 17.4 Å². The molecule has 3 aromatic rings. The second-order valence-electron chi connectivity index (χ2n) is 6.11. The number of aromatic nitrogens is 1. The molecule has 1 heterocycles. The first kappa shape index (κ1) is 19.1. The molecule has 1 aromatic heterocycles. The number of hydrogen-bond acceptors (Lipinski definition) is 5. The third kappa shape index (κ3) is 4.94. The van der Waals surface area contributed by atoms with Crippen LogP contribution in [0.25, 0.3) is 0 Å². The number of ether oxygens (including phenoxy) is 1. The standard InChI is InChI=1S/C22H21N3O3/c1-3-28-20-10-7-17(8-11-20)24-19-9-12-21(23-14-19)22(27)25-18-6-4-5-16(13-18)15(2)26/h4-14,24H,3H2,1-2H3,(H,25,27). The van der Waals surface area contributed by atoms with E-state index < -0.39 is 0 Å². The zero-order valence-corrected chi connectivity index (χ0v) is 15.7. The summed E-state index contributed by atoms with van der Waals surface area (Å²) in [6.07, 6.45) is 1.59. The highest BCUT2D eigenvalue weighted by Gasteiger charge is 2.09. The van der Waals surface area contributed by atoms with Gasteiger partial charge in [0, 0.05) is 16.9 Å². The molecule has 2 N–H and O–H groups in total. The number of rotatable bonds is 7. The predicted octanol–water partition coefficient (Wildman–Crippen LogP) is 4.68. The summed E-state index contributed by atoms with van der Waals surface area (Å²) in [5.41, 5.74) is 3.03. The number of carbonyl (C=O) groups is 2. The van der Waals surface area contributed by atoms with Crippen molar-refractivity contribution < 1.29 is 14.3 Å². The lowest BCUT2D eigenvalue weighted by molar-refractivity contribution is 0.100. The first-order valence-electron chi connectivity index (χ1n) is 8.93. The molecule has 6 nitrogen and oxygen atoms in total. The van der Waals surface area contributed by atoms with E-state index in [0.717, 1.165) is 17.1 Å². The van der Waals surface area contributed by atoms with E-state index in [1.165, 1.54) is 6.92 Å². The normalized spacial score (nSPS) is 10.2. The lowest BCUT2D eigenvalue weighted by Gasteiger charge is -2.09. The molecule has 0 bridgehead atoms. The Morgan fingerprint density at radius 1 is 0.964 bits per heavy atom. The summed E-state index contributed by atoms with van der Waals surface area (Å²) in [4.78, 5) is 28.0. The zero-order valence-electron chi connectivity index (χ0n) is 15.7. The van der Waals surface area contributed by atoms with Crippen LogP contribution in [0.4, 0.5) is 17.1 Å². The third-order valence-electron chi connectivity index (χ3n) is 3.98. The number of hydrogen-bond donors (Lipinski definition) is 2. The van der Waals surface area contributed by atoms with Crippen LogP contribution in [0.5, 0.6) is 5.75 Å². The third-order valence-corrected chi connectivity index (χ3v) is 3.98. The van der Waals surface area contributed by atoms with Gasteiger partial charge >= 0.3 is 0 Å². The lowest BCUT2D eigenvalue weighted by Crippen LogP contribution is -2.14. The van der Waals surface area contributed by atoms with Crippen LogP contribution in [-0.2, 0) is 0 Å². The topological polar surface area (TPSA) is 80.3 Å². The number of ketones is 1. The molecular formula is C22H21N3O3. The van der Waals surface area contributed by atoms with Crippen LogP contribution in [0.3, 0.4) is 0 Å². The maximum Gasteiger partial charge on any atom is 0.274 e. The van der Waals surface area contributed by atoms with Crippen molar-refractivity contribution in [2.75, 3.05) is 17.2 Å². The molecule has 0 saturated heterocycles. The highest BCUT2D eigenvalue weighted by atomic mass is 16.5. The monoisotopic (exact) mass is 375 g/mol. The van der Waals surface area contributed by atoms with Crippen molar-refractivity contribution in [3.05, 3.63) is 78.1 Å². The van der Waals surface area contributed by atoms with Gasteiger partial charge in [0.2, 0.25) is 0 Å². The van der Waals surface area contributed by atoms with E-state index in [4.69, 9.17) is 4.74 Å². The van der Waals surface area contributed by atoms with Crippen LogP contribution in [0, 0.1) is 0 Å². The second-order valence-corrected chi connectivity index (χ2v) is 6.11. The number of amides is 1. The van der Waals surface area contributed by atoms with Gasteiger partial charge in [-0.15, -0.1) is 0 Å². The highest BCUT2D eigenvalue weighted by molar-refractivity contribution is 6.04. The first-order chi connectivity index (χ1) is 13.5. The highest BCUT2D eigenvalue weighted by Crippen LogP contribution is 2.20. The predicted molar refractivity (Wildman–Crippen MR) is 110 cm³/mol. The molecule has 3 rings (SSSR count). The number of benzene rings is 2. The molecule has 6 heteroatoms. The summed E-state index contributed by atoms with van der Waals surface area (Å²) in [5.74, 6) is 0.416. The summed E-state index contributed by atoms with van der Waals surface area (Å²) in [6, 6.07) is 17.8. The van der Waals surface area contributed by atoms with Gasteiger partial charge in [0.1, 0.15) is 11.4 Å². The van der Waals surface area contributed by atoms with Gasteiger partial charge in [0.15, 0.2) is 5.78 Å². The summed E-state index contributed by atoms with van der Waals surface area (Å²) in [6.45, 7) is 4.05. The van der Waals surface area contributed by atoms with Gasteiger partial charge in [0.25, 0.3) is 5.91 Å². The minimum absolute atomic E-state index is 0.0565. The largest absolute Gasteiger partial charge is 0.494 e. The second kappa shape index (κ2) is 8.81. The van der Waals surface area contributed by atoms with Crippen molar-refractivity contribution >= 4 is 28.8 Å². The maximum atomic E-state index is 12.4. The SMILES string of the molecule is CCOc1ccc(Nc2ccc(C(=O)Nc3cccc(C(C)=O)c3)nc2)cc1. The molecule has 0 atom stereocenters. The molecule has 0 aliphatic rings. The van der Waals surface area contributed by atoms with Crippen LogP contribution in [0.1, 0.15) is 34.7 Å². The van der Waals surface area contributed by atoms with Gasteiger partial charge in [-0.2, -0.15) is 0 Å². The molecule has 0 fully saturated rings. The van der Waals surface area contributed by atoms with Crippen molar-refractivity contribution in [1.29, 1.82) is 0 Å². The van der Waals surface area contributed by atoms with Gasteiger partial charge < -0.3 is 15.4 Å². The molecule has 0 spiro atoms. The number of nitrogens with zero attached hydrogens (tertiary/aromatic N) is 1. The van der Waals surface area contributed by atoms with Gasteiger partial charge in [-0.05, 0) is 62.4 Å². The minimum atomic E-state index is -0.340. The van der Waals surface area contributed by atoms with Gasteiger partial charge in [0.05, 0.1) is 18.5 Å². The number of carbonyl (C=O) groups excluding carboxylic acids is 2. The summed E-state index contributed by atoms with van der Waals surface area (Å²) in [7, 11) is 0. The fraction of sp³-hybridized carbons (Fsp3) is 0.136. The van der Waals surface area contributed by atoms with Crippen molar-refractivity contribution in [3.8, 4) is 5.75 Å². The van der Waals surface area contributed by atoms with Crippen LogP contribution in [-0.4, -0.2) is 23.3 Å². The molecule has 0 aliphatic heterocycles. The van der Waals surface area contributed by atoms with E-state index in [1.807, 2.05) is 31.2 Å². The van der Waals surface area contributed by atoms with E-state index in [1.54, 1.807) is 42.6 Å². The summed E-state index contributed by atoms with van der Waals surface area (Å²) < 4.78 is 5.42. The Labute approximate surface area is 163 Å². The zero-order chi connectivity index (χ0) is 19.9. The number of anilines is 3. The van der Waals surface area contributed by atoms with Crippen LogP contribution >= 0.6 is 0 Å². The minimum Gasteiger partial charge on any atom is -0.494 e. The van der Waals surface area contributed by atoms with Crippen molar-refractivity contribution in [2.24, 2.45) is 0 Å².